The first-order valence-electron chi connectivity index (χ1n) is 10.9. The molecule has 2 aromatic heterocycles. The van der Waals surface area contributed by atoms with Crippen LogP contribution in [0.1, 0.15) is 17.7 Å². The fourth-order valence-electron chi connectivity index (χ4n) is 5.10. The Bertz CT molecular complexity index is 1190. The van der Waals surface area contributed by atoms with Gasteiger partial charge in [-0.3, -0.25) is 4.90 Å². The average Bonchev–Trinajstić information content (AvgIpc) is 3.54. The van der Waals surface area contributed by atoms with Gasteiger partial charge in [0.15, 0.2) is 5.82 Å². The number of tetrazole rings is 1. The molecule has 1 fully saturated rings. The highest BCUT2D eigenvalue weighted by Crippen LogP contribution is 2.40. The van der Waals surface area contributed by atoms with E-state index < -0.39 is 0 Å². The van der Waals surface area contributed by atoms with E-state index in [4.69, 9.17) is 4.74 Å². The smallest absolute Gasteiger partial charge is 0.179 e. The molecular formula is C23H25N7O. The number of benzene rings is 2. The van der Waals surface area contributed by atoms with Crippen molar-refractivity contribution in [3.63, 3.8) is 0 Å². The summed E-state index contributed by atoms with van der Waals surface area (Å²) in [7, 11) is 0. The van der Waals surface area contributed by atoms with Gasteiger partial charge in [0.1, 0.15) is 12.4 Å². The first-order chi connectivity index (χ1) is 15.3. The predicted molar refractivity (Wildman–Crippen MR) is 118 cm³/mol. The zero-order valence-corrected chi connectivity index (χ0v) is 17.3. The lowest BCUT2D eigenvalue weighted by Crippen LogP contribution is -2.49. The average molecular weight is 416 g/mol. The Morgan fingerprint density at radius 3 is 2.94 bits per heavy atom. The summed E-state index contributed by atoms with van der Waals surface area (Å²) in [5.41, 5.74) is 4.93. The summed E-state index contributed by atoms with van der Waals surface area (Å²) in [6.45, 7) is 4.67. The maximum atomic E-state index is 5.92. The van der Waals surface area contributed by atoms with Crippen LogP contribution in [-0.2, 0) is 12.0 Å². The molecule has 1 spiro atoms. The lowest BCUT2D eigenvalue weighted by atomic mass is 9.86. The Morgan fingerprint density at radius 2 is 2.06 bits per heavy atom. The molecule has 0 bridgehead atoms. The third kappa shape index (κ3) is 3.28. The number of likely N-dealkylation sites (tertiary alicyclic amines) is 1. The highest BCUT2D eigenvalue weighted by atomic mass is 16.5. The highest BCUT2D eigenvalue weighted by Gasteiger charge is 2.43. The van der Waals surface area contributed by atoms with Crippen LogP contribution in [0.5, 0.6) is 5.75 Å². The highest BCUT2D eigenvalue weighted by molar-refractivity contribution is 5.89. The SMILES string of the molecule is c1ccc(OCCN2CCC3(C2)NCCc2c3[nH]c3ccc(-c4nnn[nH]4)cc23)cc1. The van der Waals surface area contributed by atoms with Crippen molar-refractivity contribution in [1.82, 2.24) is 35.8 Å². The molecule has 0 amide bonds. The standard InChI is InChI=1S/C23H25N7O/c1-2-4-17(5-3-1)31-13-12-30-11-9-23(15-30)21-18(8-10-24-23)19-14-16(6-7-20(19)25-21)22-26-28-29-27-22/h1-7,14,24-25H,8-13,15H2,(H,26,27,28,29). The lowest BCUT2D eigenvalue weighted by Gasteiger charge is -2.35. The molecule has 1 saturated heterocycles. The first kappa shape index (κ1) is 18.5. The van der Waals surface area contributed by atoms with Gasteiger partial charge in [0.05, 0.1) is 5.54 Å². The molecule has 8 nitrogen and oxygen atoms in total. The Hall–Kier alpha value is -3.23. The molecule has 0 saturated carbocycles. The minimum Gasteiger partial charge on any atom is -0.492 e. The second-order valence-corrected chi connectivity index (χ2v) is 8.44. The van der Waals surface area contributed by atoms with Crippen LogP contribution in [0.4, 0.5) is 0 Å². The van der Waals surface area contributed by atoms with Crippen molar-refractivity contribution in [1.29, 1.82) is 0 Å². The van der Waals surface area contributed by atoms with E-state index in [0.29, 0.717) is 12.4 Å². The van der Waals surface area contributed by atoms with E-state index in [1.54, 1.807) is 0 Å². The molecule has 158 valence electrons. The van der Waals surface area contributed by atoms with Gasteiger partial charge in [0.2, 0.25) is 0 Å². The number of nitrogens with zero attached hydrogens (tertiary/aromatic N) is 4. The zero-order valence-electron chi connectivity index (χ0n) is 17.3. The normalized spacial score (nSPS) is 21.0. The van der Waals surface area contributed by atoms with Crippen molar-refractivity contribution >= 4 is 10.9 Å². The van der Waals surface area contributed by atoms with Gasteiger partial charge in [0.25, 0.3) is 0 Å². The van der Waals surface area contributed by atoms with Gasteiger partial charge in [-0.25, -0.2) is 5.10 Å². The third-order valence-corrected chi connectivity index (χ3v) is 6.61. The number of rotatable bonds is 5. The Labute approximate surface area is 180 Å². The Balaban J connectivity index is 1.23. The minimum atomic E-state index is -0.0205. The van der Waals surface area contributed by atoms with Gasteiger partial charge in [-0.05, 0) is 59.2 Å². The van der Waals surface area contributed by atoms with E-state index in [1.807, 2.05) is 30.3 Å². The van der Waals surface area contributed by atoms with Crippen LogP contribution in [0.25, 0.3) is 22.3 Å². The molecule has 2 aromatic carbocycles. The largest absolute Gasteiger partial charge is 0.492 e. The van der Waals surface area contributed by atoms with Crippen LogP contribution in [-0.4, -0.2) is 63.3 Å². The molecular weight excluding hydrogens is 390 g/mol. The Morgan fingerprint density at radius 1 is 1.13 bits per heavy atom. The van der Waals surface area contributed by atoms with E-state index in [-0.39, 0.29) is 5.54 Å². The number of ether oxygens (including phenoxy) is 1. The van der Waals surface area contributed by atoms with Crippen molar-refractivity contribution < 1.29 is 4.74 Å². The number of para-hydroxylation sites is 1. The first-order valence-corrected chi connectivity index (χ1v) is 10.9. The summed E-state index contributed by atoms with van der Waals surface area (Å²) < 4.78 is 5.92. The molecule has 3 N–H and O–H groups in total. The van der Waals surface area contributed by atoms with E-state index in [9.17, 15) is 0 Å². The summed E-state index contributed by atoms with van der Waals surface area (Å²) in [6.07, 6.45) is 2.11. The van der Waals surface area contributed by atoms with Gasteiger partial charge in [0, 0.05) is 48.3 Å². The van der Waals surface area contributed by atoms with Crippen LogP contribution in [0.2, 0.25) is 0 Å². The number of hydrogen-bond acceptors (Lipinski definition) is 6. The molecule has 0 aliphatic carbocycles. The predicted octanol–water partition coefficient (Wildman–Crippen LogP) is 2.47. The second-order valence-electron chi connectivity index (χ2n) is 8.44. The Kier molecular flexibility index (Phi) is 4.47. The topological polar surface area (TPSA) is 94.8 Å². The summed E-state index contributed by atoms with van der Waals surface area (Å²) >= 11 is 0. The number of fused-ring (bicyclic) bond motifs is 4. The molecule has 4 heterocycles. The van der Waals surface area contributed by atoms with Crippen molar-refractivity contribution in [3.05, 3.63) is 59.8 Å². The molecule has 2 aliphatic heterocycles. The molecule has 0 radical (unpaired) electrons. The van der Waals surface area contributed by atoms with Crippen LogP contribution in [0.15, 0.2) is 48.5 Å². The third-order valence-electron chi connectivity index (χ3n) is 6.61. The molecule has 1 unspecified atom stereocenters. The van der Waals surface area contributed by atoms with Gasteiger partial charge >= 0.3 is 0 Å². The maximum absolute atomic E-state index is 5.92. The van der Waals surface area contributed by atoms with Crippen molar-refractivity contribution in [2.45, 2.75) is 18.4 Å². The minimum absolute atomic E-state index is 0.0205. The van der Waals surface area contributed by atoms with Crippen molar-refractivity contribution in [3.8, 4) is 17.1 Å². The van der Waals surface area contributed by atoms with Gasteiger partial charge in [-0.2, -0.15) is 0 Å². The monoisotopic (exact) mass is 415 g/mol. The second kappa shape index (κ2) is 7.47. The van der Waals surface area contributed by atoms with Crippen LogP contribution in [0.3, 0.4) is 0 Å². The van der Waals surface area contributed by atoms with Crippen molar-refractivity contribution in [2.24, 2.45) is 0 Å². The van der Waals surface area contributed by atoms with E-state index in [1.165, 1.54) is 22.2 Å². The van der Waals surface area contributed by atoms with E-state index >= 15 is 0 Å². The molecule has 2 aliphatic rings. The number of aromatic nitrogens is 5. The zero-order chi connectivity index (χ0) is 20.7. The lowest BCUT2D eigenvalue weighted by molar-refractivity contribution is 0.218. The summed E-state index contributed by atoms with van der Waals surface area (Å²) in [6, 6.07) is 16.4. The van der Waals surface area contributed by atoms with Gasteiger partial charge < -0.3 is 15.0 Å². The van der Waals surface area contributed by atoms with E-state index in [0.717, 1.165) is 50.3 Å². The molecule has 1 atom stereocenters. The quantitative estimate of drug-likeness (QED) is 0.464. The van der Waals surface area contributed by atoms with Crippen LogP contribution < -0.4 is 10.1 Å². The van der Waals surface area contributed by atoms with Gasteiger partial charge in [-0.15, -0.1) is 5.10 Å². The van der Waals surface area contributed by atoms with Crippen LogP contribution in [0, 0.1) is 0 Å². The molecule has 31 heavy (non-hydrogen) atoms. The fourth-order valence-corrected chi connectivity index (χ4v) is 5.10. The number of H-pyrrole nitrogens is 2. The van der Waals surface area contributed by atoms with Gasteiger partial charge in [-0.1, -0.05) is 18.2 Å². The van der Waals surface area contributed by atoms with Crippen molar-refractivity contribution in [2.75, 3.05) is 32.8 Å². The van der Waals surface area contributed by atoms with Crippen LogP contribution >= 0.6 is 0 Å². The number of aromatic amines is 2. The molecule has 4 aromatic rings. The maximum Gasteiger partial charge on any atom is 0.179 e. The number of hydrogen-bond donors (Lipinski definition) is 3. The fraction of sp³-hybridized carbons (Fsp3) is 0.348. The summed E-state index contributed by atoms with van der Waals surface area (Å²) in [5.74, 6) is 1.63. The summed E-state index contributed by atoms with van der Waals surface area (Å²) in [5, 5.41) is 19.5. The molecule has 6 rings (SSSR count). The summed E-state index contributed by atoms with van der Waals surface area (Å²) in [4.78, 5) is 6.24. The molecule has 8 heteroatoms. The number of nitrogens with one attached hydrogen (secondary N) is 3. The van der Waals surface area contributed by atoms with E-state index in [2.05, 4.69) is 54.0 Å².